The number of aliphatic hydroxyl groups excluding tert-OH is 1. The number of hydrogen-bond acceptors (Lipinski definition) is 8. The maximum Gasteiger partial charge on any atom is 0.328 e. The summed E-state index contributed by atoms with van der Waals surface area (Å²) in [5.74, 6) is -4.41. The Balaban J connectivity index is 5.24. The monoisotopic (exact) mass is 390 g/mol. The fraction of sp³-hybridized carbons (Fsp3) is 0.765. The molecule has 0 rings (SSSR count). The second kappa shape index (κ2) is 13.0. The number of amides is 2. The number of hydroxylamine groups is 1. The molecule has 27 heavy (non-hydrogen) atoms. The second-order valence-corrected chi connectivity index (χ2v) is 6.31. The molecule has 0 bridgehead atoms. The molecule has 0 radical (unpaired) electrons. The molecule has 0 aromatic rings. The summed E-state index contributed by atoms with van der Waals surface area (Å²) in [5.41, 5.74) is 1.30. The standard InChI is InChI=1S/C17H30N2O8/c1-5-26-13(20)8-7-12(17(24)27-6-2)18-15(22)11(9-10(3)4)14(21)16(23)19-25/h10-12,14,21,25H,5-9H2,1-4H3,(H,18,22)(H,19,23)/t11-,12+,14+/m1/s1. The third-order valence-electron chi connectivity index (χ3n) is 3.65. The van der Waals surface area contributed by atoms with Gasteiger partial charge in [0.05, 0.1) is 19.1 Å². The number of aliphatic hydroxyl groups is 1. The van der Waals surface area contributed by atoms with E-state index in [0.29, 0.717) is 0 Å². The lowest BCUT2D eigenvalue weighted by Gasteiger charge is -2.25. The minimum absolute atomic E-state index is 0.0533. The van der Waals surface area contributed by atoms with Gasteiger partial charge in [0.2, 0.25) is 5.91 Å². The fourth-order valence-corrected chi connectivity index (χ4v) is 2.40. The summed E-state index contributed by atoms with van der Waals surface area (Å²) in [6, 6.07) is -1.14. The lowest BCUT2D eigenvalue weighted by Crippen LogP contribution is -2.50. The Bertz CT molecular complexity index is 509. The van der Waals surface area contributed by atoms with Gasteiger partial charge in [-0.15, -0.1) is 0 Å². The predicted octanol–water partition coefficient (Wildman–Crippen LogP) is -0.0938. The lowest BCUT2D eigenvalue weighted by molar-refractivity contribution is -0.151. The van der Waals surface area contributed by atoms with E-state index in [0.717, 1.165) is 0 Å². The first-order valence-corrected chi connectivity index (χ1v) is 8.92. The molecule has 2 amide bonds. The van der Waals surface area contributed by atoms with Crippen molar-refractivity contribution >= 4 is 23.8 Å². The van der Waals surface area contributed by atoms with Crippen LogP contribution in [0.1, 0.15) is 47.0 Å². The first kappa shape index (κ1) is 24.8. The highest BCUT2D eigenvalue weighted by Gasteiger charge is 2.35. The third kappa shape index (κ3) is 9.34. The minimum Gasteiger partial charge on any atom is -0.466 e. The van der Waals surface area contributed by atoms with E-state index in [9.17, 15) is 24.3 Å². The van der Waals surface area contributed by atoms with Gasteiger partial charge in [0.15, 0.2) is 0 Å². The highest BCUT2D eigenvalue weighted by Crippen LogP contribution is 2.17. The number of carbonyl (C=O) groups is 4. The topological polar surface area (TPSA) is 151 Å². The molecule has 10 heteroatoms. The van der Waals surface area contributed by atoms with Crippen LogP contribution in [0.3, 0.4) is 0 Å². The maximum absolute atomic E-state index is 12.6. The number of nitrogens with one attached hydrogen (secondary N) is 2. The van der Waals surface area contributed by atoms with Gasteiger partial charge in [-0.05, 0) is 32.6 Å². The molecule has 0 fully saturated rings. The van der Waals surface area contributed by atoms with E-state index in [1.807, 2.05) is 0 Å². The van der Waals surface area contributed by atoms with Crippen LogP contribution in [-0.2, 0) is 28.7 Å². The third-order valence-corrected chi connectivity index (χ3v) is 3.65. The van der Waals surface area contributed by atoms with Gasteiger partial charge in [0.1, 0.15) is 12.1 Å². The zero-order valence-electron chi connectivity index (χ0n) is 16.2. The van der Waals surface area contributed by atoms with Gasteiger partial charge in [-0.25, -0.2) is 10.3 Å². The summed E-state index contributed by atoms with van der Waals surface area (Å²) in [4.78, 5) is 47.7. The molecule has 0 saturated carbocycles. The average molecular weight is 390 g/mol. The molecular weight excluding hydrogens is 360 g/mol. The molecule has 0 aliphatic rings. The highest BCUT2D eigenvalue weighted by molar-refractivity contribution is 5.91. The van der Waals surface area contributed by atoms with Crippen molar-refractivity contribution in [2.24, 2.45) is 11.8 Å². The van der Waals surface area contributed by atoms with Crippen LogP contribution in [0.2, 0.25) is 0 Å². The van der Waals surface area contributed by atoms with Gasteiger partial charge in [-0.1, -0.05) is 13.8 Å². The van der Waals surface area contributed by atoms with E-state index >= 15 is 0 Å². The smallest absolute Gasteiger partial charge is 0.328 e. The van der Waals surface area contributed by atoms with Crippen molar-refractivity contribution in [3.8, 4) is 0 Å². The van der Waals surface area contributed by atoms with Crippen LogP contribution in [0.4, 0.5) is 0 Å². The van der Waals surface area contributed by atoms with E-state index in [2.05, 4.69) is 5.32 Å². The second-order valence-electron chi connectivity index (χ2n) is 6.31. The Labute approximate surface area is 158 Å². The normalized spacial score (nSPS) is 14.0. The summed E-state index contributed by atoms with van der Waals surface area (Å²) < 4.78 is 9.70. The van der Waals surface area contributed by atoms with Gasteiger partial charge in [-0.2, -0.15) is 0 Å². The predicted molar refractivity (Wildman–Crippen MR) is 93.3 cm³/mol. The number of rotatable bonds is 12. The van der Waals surface area contributed by atoms with Gasteiger partial charge in [0.25, 0.3) is 5.91 Å². The Morgan fingerprint density at radius 2 is 1.59 bits per heavy atom. The largest absolute Gasteiger partial charge is 0.466 e. The Hall–Kier alpha value is -2.20. The van der Waals surface area contributed by atoms with Crippen molar-refractivity contribution in [1.82, 2.24) is 10.8 Å². The van der Waals surface area contributed by atoms with Crippen LogP contribution in [0.15, 0.2) is 0 Å². The number of carbonyl (C=O) groups excluding carboxylic acids is 4. The number of esters is 2. The molecular formula is C17H30N2O8. The summed E-state index contributed by atoms with van der Waals surface area (Å²) in [5, 5.41) is 21.1. The van der Waals surface area contributed by atoms with Crippen molar-refractivity contribution in [3.05, 3.63) is 0 Å². The van der Waals surface area contributed by atoms with Gasteiger partial charge < -0.3 is 19.9 Å². The molecule has 0 aromatic carbocycles. The number of ether oxygens (including phenoxy) is 2. The molecule has 4 N–H and O–H groups in total. The van der Waals surface area contributed by atoms with Gasteiger partial charge in [0, 0.05) is 6.42 Å². The Morgan fingerprint density at radius 1 is 1.00 bits per heavy atom. The van der Waals surface area contributed by atoms with Crippen molar-refractivity contribution < 1.29 is 39.0 Å². The summed E-state index contributed by atoms with van der Waals surface area (Å²) >= 11 is 0. The maximum atomic E-state index is 12.6. The van der Waals surface area contributed by atoms with E-state index in [4.69, 9.17) is 14.7 Å². The average Bonchev–Trinajstić information content (AvgIpc) is 2.61. The van der Waals surface area contributed by atoms with Crippen molar-refractivity contribution in [1.29, 1.82) is 0 Å². The fourth-order valence-electron chi connectivity index (χ4n) is 2.40. The van der Waals surface area contributed by atoms with Crippen molar-refractivity contribution in [2.75, 3.05) is 13.2 Å². The molecule has 0 saturated heterocycles. The lowest BCUT2D eigenvalue weighted by atomic mass is 9.90. The van der Waals surface area contributed by atoms with Crippen LogP contribution >= 0.6 is 0 Å². The summed E-state index contributed by atoms with van der Waals surface area (Å²) in [6.07, 6.45) is -1.84. The SMILES string of the molecule is CCOC(=O)CC[C@H](NC(=O)[C@H](CC(C)C)[C@H](O)C(=O)NO)C(=O)OCC. The quantitative estimate of drug-likeness (QED) is 0.205. The molecule has 0 unspecified atom stereocenters. The van der Waals surface area contributed by atoms with Crippen LogP contribution in [0, 0.1) is 11.8 Å². The highest BCUT2D eigenvalue weighted by atomic mass is 16.5. The molecule has 0 aliphatic heterocycles. The molecule has 0 heterocycles. The van der Waals surface area contributed by atoms with Crippen molar-refractivity contribution in [2.45, 2.75) is 59.1 Å². The van der Waals surface area contributed by atoms with E-state index < -0.39 is 41.8 Å². The van der Waals surface area contributed by atoms with E-state index in [1.165, 1.54) is 5.48 Å². The molecule has 3 atom stereocenters. The molecule has 0 aromatic heterocycles. The minimum atomic E-state index is -1.80. The van der Waals surface area contributed by atoms with Crippen molar-refractivity contribution in [3.63, 3.8) is 0 Å². The van der Waals surface area contributed by atoms with Crippen LogP contribution in [-0.4, -0.2) is 59.4 Å². The van der Waals surface area contributed by atoms with E-state index in [1.54, 1.807) is 27.7 Å². The summed E-state index contributed by atoms with van der Waals surface area (Å²) in [6.45, 7) is 7.08. The first-order chi connectivity index (χ1) is 12.7. The molecule has 10 nitrogen and oxygen atoms in total. The van der Waals surface area contributed by atoms with Crippen LogP contribution < -0.4 is 10.8 Å². The zero-order chi connectivity index (χ0) is 21.0. The van der Waals surface area contributed by atoms with Crippen LogP contribution in [0.25, 0.3) is 0 Å². The Morgan fingerprint density at radius 3 is 2.07 bits per heavy atom. The van der Waals surface area contributed by atoms with Gasteiger partial charge in [-0.3, -0.25) is 19.6 Å². The Kier molecular flexibility index (Phi) is 12.0. The van der Waals surface area contributed by atoms with E-state index in [-0.39, 0.29) is 38.4 Å². The number of hydrogen-bond donors (Lipinski definition) is 4. The first-order valence-electron chi connectivity index (χ1n) is 8.92. The zero-order valence-corrected chi connectivity index (χ0v) is 16.2. The molecule has 0 aliphatic carbocycles. The van der Waals surface area contributed by atoms with Crippen LogP contribution in [0.5, 0.6) is 0 Å². The van der Waals surface area contributed by atoms with Gasteiger partial charge >= 0.3 is 11.9 Å². The summed E-state index contributed by atoms with van der Waals surface area (Å²) in [7, 11) is 0. The molecule has 0 spiro atoms. The molecule has 156 valence electrons.